The summed E-state index contributed by atoms with van der Waals surface area (Å²) in [6.07, 6.45) is 1.52. The molecule has 0 aliphatic rings. The van der Waals surface area contributed by atoms with Gasteiger partial charge in [-0.25, -0.2) is 0 Å². The van der Waals surface area contributed by atoms with Gasteiger partial charge in [0.2, 0.25) is 0 Å². The van der Waals surface area contributed by atoms with Gasteiger partial charge in [-0.2, -0.15) is 0 Å². The van der Waals surface area contributed by atoms with Gasteiger partial charge in [0.1, 0.15) is 10.8 Å². The summed E-state index contributed by atoms with van der Waals surface area (Å²) < 4.78 is 5.61. The van der Waals surface area contributed by atoms with Crippen LogP contribution in [0.4, 0.5) is 5.00 Å². The molecule has 1 aromatic carbocycles. The van der Waals surface area contributed by atoms with Crippen molar-refractivity contribution in [3.05, 3.63) is 45.8 Å². The van der Waals surface area contributed by atoms with Gasteiger partial charge in [0.15, 0.2) is 5.11 Å². The Morgan fingerprint density at radius 3 is 2.59 bits per heavy atom. The van der Waals surface area contributed by atoms with Crippen molar-refractivity contribution >= 4 is 45.5 Å². The van der Waals surface area contributed by atoms with E-state index in [0.717, 1.165) is 16.9 Å². The van der Waals surface area contributed by atoms with Gasteiger partial charge < -0.3 is 15.8 Å². The highest BCUT2D eigenvalue weighted by Gasteiger charge is 2.20. The van der Waals surface area contributed by atoms with Gasteiger partial charge in [0, 0.05) is 4.88 Å². The predicted molar refractivity (Wildman–Crippen MR) is 113 cm³/mol. The van der Waals surface area contributed by atoms with Crippen molar-refractivity contribution in [1.29, 1.82) is 0 Å². The summed E-state index contributed by atoms with van der Waals surface area (Å²) in [7, 11) is 0. The number of amides is 2. The molecule has 27 heavy (non-hydrogen) atoms. The molecule has 0 bridgehead atoms. The zero-order chi connectivity index (χ0) is 20.0. The third kappa shape index (κ3) is 5.05. The maximum atomic E-state index is 12.6. The fourth-order valence-electron chi connectivity index (χ4n) is 2.65. The van der Waals surface area contributed by atoms with E-state index in [4.69, 9.17) is 22.7 Å². The van der Waals surface area contributed by atoms with E-state index in [9.17, 15) is 9.59 Å². The van der Waals surface area contributed by atoms with E-state index in [2.05, 4.69) is 10.6 Å². The molecule has 8 heteroatoms. The molecule has 0 atom stereocenters. The number of rotatable bonds is 7. The van der Waals surface area contributed by atoms with Crippen LogP contribution in [0, 0.1) is 6.92 Å². The van der Waals surface area contributed by atoms with Crippen molar-refractivity contribution in [2.75, 3.05) is 11.9 Å². The molecule has 0 fully saturated rings. The van der Waals surface area contributed by atoms with Gasteiger partial charge >= 0.3 is 0 Å². The number of thiophene rings is 1. The van der Waals surface area contributed by atoms with Crippen molar-refractivity contribution in [3.63, 3.8) is 0 Å². The zero-order valence-corrected chi connectivity index (χ0v) is 17.2. The highest BCUT2D eigenvalue weighted by molar-refractivity contribution is 7.80. The van der Waals surface area contributed by atoms with E-state index in [1.807, 2.05) is 20.8 Å². The lowest BCUT2D eigenvalue weighted by atomic mass is 10.1. The number of benzene rings is 1. The molecule has 2 rings (SSSR count). The first-order valence-corrected chi connectivity index (χ1v) is 9.87. The van der Waals surface area contributed by atoms with Crippen LogP contribution in [0.25, 0.3) is 0 Å². The lowest BCUT2D eigenvalue weighted by molar-refractivity contribution is 0.0971. The molecular weight excluding hydrogens is 382 g/mol. The number of ether oxygens (including phenoxy) is 1. The maximum absolute atomic E-state index is 12.6. The summed E-state index contributed by atoms with van der Waals surface area (Å²) in [4.78, 5) is 25.4. The van der Waals surface area contributed by atoms with Crippen LogP contribution in [0.2, 0.25) is 0 Å². The second-order valence-corrected chi connectivity index (χ2v) is 7.44. The number of nitrogens with one attached hydrogen (secondary N) is 2. The number of carbonyl (C=O) groups is 2. The van der Waals surface area contributed by atoms with Crippen LogP contribution in [0.3, 0.4) is 0 Å². The maximum Gasteiger partial charge on any atom is 0.261 e. The average Bonchev–Trinajstić information content (AvgIpc) is 2.94. The van der Waals surface area contributed by atoms with Crippen molar-refractivity contribution in [2.45, 2.75) is 33.6 Å². The van der Waals surface area contributed by atoms with Gasteiger partial charge in [0.05, 0.1) is 17.7 Å². The average molecular weight is 406 g/mol. The monoisotopic (exact) mass is 405 g/mol. The Hall–Kier alpha value is -2.45. The molecule has 1 aromatic heterocycles. The standard InChI is InChI=1S/C19H23N3O3S2/c1-4-10-25-14-9-7-6-8-13(14)17(24)21-19(26)22-18-15(16(20)23)12(5-2)11(3)27-18/h6-9H,4-5,10H2,1-3H3,(H2,20,23)(H2,21,22,24,26). The summed E-state index contributed by atoms with van der Waals surface area (Å²) in [6, 6.07) is 6.97. The third-order valence-electron chi connectivity index (χ3n) is 3.86. The first-order valence-electron chi connectivity index (χ1n) is 8.65. The molecule has 144 valence electrons. The SMILES string of the molecule is CCCOc1ccccc1C(=O)NC(=S)Nc1sc(C)c(CC)c1C(N)=O. The third-order valence-corrected chi connectivity index (χ3v) is 5.12. The minimum atomic E-state index is -0.522. The van der Waals surface area contributed by atoms with Gasteiger partial charge in [-0.15, -0.1) is 11.3 Å². The topological polar surface area (TPSA) is 93.4 Å². The smallest absolute Gasteiger partial charge is 0.261 e. The Balaban J connectivity index is 2.15. The van der Waals surface area contributed by atoms with Crippen LogP contribution in [0.15, 0.2) is 24.3 Å². The molecule has 0 spiro atoms. The molecule has 6 nitrogen and oxygen atoms in total. The normalized spacial score (nSPS) is 10.3. The number of carbonyl (C=O) groups excluding carboxylic acids is 2. The number of primary amides is 1. The second-order valence-electron chi connectivity index (χ2n) is 5.81. The predicted octanol–water partition coefficient (Wildman–Crippen LogP) is 3.63. The fraction of sp³-hybridized carbons (Fsp3) is 0.316. The van der Waals surface area contributed by atoms with Crippen LogP contribution in [0.5, 0.6) is 5.75 Å². The Kier molecular flexibility index (Phi) is 7.32. The van der Waals surface area contributed by atoms with Crippen LogP contribution < -0.4 is 21.1 Å². The lowest BCUT2D eigenvalue weighted by Crippen LogP contribution is -2.34. The number of aryl methyl sites for hydroxylation is 1. The molecule has 1 heterocycles. The lowest BCUT2D eigenvalue weighted by Gasteiger charge is -2.12. The van der Waals surface area contributed by atoms with E-state index in [0.29, 0.717) is 34.9 Å². The molecule has 0 aliphatic carbocycles. The second kappa shape index (κ2) is 9.48. The first kappa shape index (κ1) is 20.9. The van der Waals surface area contributed by atoms with E-state index >= 15 is 0 Å². The molecule has 0 saturated carbocycles. The molecule has 4 N–H and O–H groups in total. The Morgan fingerprint density at radius 2 is 1.96 bits per heavy atom. The summed E-state index contributed by atoms with van der Waals surface area (Å²) in [5.74, 6) is -0.410. The number of para-hydroxylation sites is 1. The number of hydrogen-bond acceptors (Lipinski definition) is 5. The van der Waals surface area contributed by atoms with Crippen LogP contribution in [-0.4, -0.2) is 23.5 Å². The molecule has 0 aliphatic heterocycles. The van der Waals surface area contributed by atoms with E-state index in [-0.39, 0.29) is 11.0 Å². The van der Waals surface area contributed by atoms with Gasteiger partial charge in [-0.05, 0) is 49.7 Å². The van der Waals surface area contributed by atoms with Crippen LogP contribution in [0.1, 0.15) is 51.4 Å². The molecular formula is C19H23N3O3S2. The van der Waals surface area contributed by atoms with Gasteiger partial charge in [-0.3, -0.25) is 14.9 Å². The summed E-state index contributed by atoms with van der Waals surface area (Å²) in [6.45, 7) is 6.39. The molecule has 0 radical (unpaired) electrons. The summed E-state index contributed by atoms with van der Waals surface area (Å²) >= 11 is 6.63. The van der Waals surface area contributed by atoms with Crippen molar-refractivity contribution in [2.24, 2.45) is 5.73 Å². The van der Waals surface area contributed by atoms with Crippen molar-refractivity contribution in [3.8, 4) is 5.75 Å². The van der Waals surface area contributed by atoms with E-state index < -0.39 is 5.91 Å². The van der Waals surface area contributed by atoms with Crippen LogP contribution in [-0.2, 0) is 6.42 Å². The zero-order valence-electron chi connectivity index (χ0n) is 15.5. The first-order chi connectivity index (χ1) is 12.9. The highest BCUT2D eigenvalue weighted by Crippen LogP contribution is 2.33. The number of hydrogen-bond donors (Lipinski definition) is 3. The van der Waals surface area contributed by atoms with Crippen LogP contribution >= 0.6 is 23.6 Å². The van der Waals surface area contributed by atoms with Crippen molar-refractivity contribution < 1.29 is 14.3 Å². The largest absolute Gasteiger partial charge is 0.493 e. The molecule has 0 saturated heterocycles. The molecule has 2 amide bonds. The molecule has 2 aromatic rings. The summed E-state index contributed by atoms with van der Waals surface area (Å²) in [5, 5.41) is 6.19. The number of thiocarbonyl (C=S) groups is 1. The van der Waals surface area contributed by atoms with Crippen molar-refractivity contribution in [1.82, 2.24) is 5.32 Å². The minimum absolute atomic E-state index is 0.0942. The fourth-order valence-corrected chi connectivity index (χ4v) is 4.06. The van der Waals surface area contributed by atoms with E-state index in [1.165, 1.54) is 11.3 Å². The Labute approximate surface area is 168 Å². The highest BCUT2D eigenvalue weighted by atomic mass is 32.1. The Morgan fingerprint density at radius 1 is 1.26 bits per heavy atom. The summed E-state index contributed by atoms with van der Waals surface area (Å²) in [5.41, 5.74) is 7.22. The van der Waals surface area contributed by atoms with E-state index in [1.54, 1.807) is 24.3 Å². The quantitative estimate of drug-likeness (QED) is 0.612. The number of nitrogens with two attached hydrogens (primary N) is 1. The minimum Gasteiger partial charge on any atom is -0.493 e. The van der Waals surface area contributed by atoms with Gasteiger partial charge in [0.25, 0.3) is 11.8 Å². The van der Waals surface area contributed by atoms with Gasteiger partial charge in [-0.1, -0.05) is 26.0 Å². The number of anilines is 1. The Bertz CT molecular complexity index is 862. The molecule has 0 unspecified atom stereocenters.